The second-order valence-electron chi connectivity index (χ2n) is 8.34. The van der Waals surface area contributed by atoms with E-state index in [2.05, 4.69) is 26.5 Å². The van der Waals surface area contributed by atoms with Gasteiger partial charge in [0.1, 0.15) is 11.3 Å². The van der Waals surface area contributed by atoms with E-state index in [1.807, 2.05) is 13.1 Å². The Balaban J connectivity index is 1.53. The highest BCUT2D eigenvalue weighted by Gasteiger charge is 2.39. The SMILES string of the molecule is CC[C@@H]1C[C@H](NS(=O)(=O)N2CCN(C)CC2)C[C@@H]1C(=N)n1c(=N)cnc2[nH]ccc21. The van der Waals surface area contributed by atoms with E-state index in [1.54, 1.807) is 10.8 Å². The summed E-state index contributed by atoms with van der Waals surface area (Å²) < 4.78 is 31.8. The average molecular weight is 435 g/mol. The average Bonchev–Trinajstić information content (AvgIpc) is 3.34. The Morgan fingerprint density at radius 2 is 2.03 bits per heavy atom. The van der Waals surface area contributed by atoms with Crippen molar-refractivity contribution in [2.75, 3.05) is 33.2 Å². The molecule has 1 aliphatic heterocycles. The van der Waals surface area contributed by atoms with Crippen LogP contribution in [-0.2, 0) is 10.2 Å². The normalized spacial score (nSPS) is 26.4. The van der Waals surface area contributed by atoms with Gasteiger partial charge in [-0.2, -0.15) is 17.4 Å². The van der Waals surface area contributed by atoms with Crippen molar-refractivity contribution < 1.29 is 8.42 Å². The van der Waals surface area contributed by atoms with Gasteiger partial charge in [0.25, 0.3) is 10.2 Å². The first-order chi connectivity index (χ1) is 14.3. The molecular formula is C19H30N8O2S. The molecule has 1 saturated carbocycles. The number of piperazine rings is 1. The molecule has 1 saturated heterocycles. The van der Waals surface area contributed by atoms with E-state index in [4.69, 9.17) is 10.8 Å². The number of hydrogen-bond acceptors (Lipinski definition) is 6. The van der Waals surface area contributed by atoms with Crippen molar-refractivity contribution >= 4 is 27.2 Å². The number of nitrogens with zero attached hydrogens (tertiary/aromatic N) is 4. The van der Waals surface area contributed by atoms with Crippen LogP contribution in [0.4, 0.5) is 0 Å². The van der Waals surface area contributed by atoms with Crippen LogP contribution in [0.2, 0.25) is 0 Å². The van der Waals surface area contributed by atoms with Crippen molar-refractivity contribution in [3.05, 3.63) is 23.9 Å². The fourth-order valence-electron chi connectivity index (χ4n) is 4.70. The highest BCUT2D eigenvalue weighted by molar-refractivity contribution is 7.87. The fraction of sp³-hybridized carbons (Fsp3) is 0.632. The molecule has 3 atom stereocenters. The molecule has 164 valence electrons. The molecular weight excluding hydrogens is 404 g/mol. The van der Waals surface area contributed by atoms with Crippen molar-refractivity contribution in [2.45, 2.75) is 32.2 Å². The van der Waals surface area contributed by atoms with Crippen molar-refractivity contribution in [1.82, 2.24) is 28.5 Å². The number of hydrogen-bond donors (Lipinski definition) is 4. The summed E-state index contributed by atoms with van der Waals surface area (Å²) in [5, 5.41) is 17.1. The Morgan fingerprint density at radius 1 is 1.30 bits per heavy atom. The van der Waals surface area contributed by atoms with Gasteiger partial charge in [-0.25, -0.2) is 4.98 Å². The molecule has 0 radical (unpaired) electrons. The van der Waals surface area contributed by atoms with Crippen LogP contribution in [0.3, 0.4) is 0 Å². The summed E-state index contributed by atoms with van der Waals surface area (Å²) in [6, 6.07) is 1.61. The molecule has 0 unspecified atom stereocenters. The molecule has 0 bridgehead atoms. The Labute approximate surface area is 176 Å². The lowest BCUT2D eigenvalue weighted by atomic mass is 9.92. The van der Waals surface area contributed by atoms with Crippen molar-refractivity contribution in [3.63, 3.8) is 0 Å². The Bertz CT molecular complexity index is 1080. The predicted octanol–water partition coefficient (Wildman–Crippen LogP) is 0.556. The van der Waals surface area contributed by atoms with Gasteiger partial charge in [0.15, 0.2) is 5.65 Å². The Morgan fingerprint density at radius 3 is 2.73 bits per heavy atom. The van der Waals surface area contributed by atoms with Crippen LogP contribution >= 0.6 is 0 Å². The van der Waals surface area contributed by atoms with E-state index in [0.29, 0.717) is 42.9 Å². The number of fused-ring (bicyclic) bond motifs is 1. The second-order valence-corrected chi connectivity index (χ2v) is 10.0. The third-order valence-corrected chi connectivity index (χ3v) is 8.11. The summed E-state index contributed by atoms with van der Waals surface area (Å²) >= 11 is 0. The van der Waals surface area contributed by atoms with Crippen molar-refractivity contribution in [2.24, 2.45) is 11.8 Å². The number of aromatic amines is 1. The minimum absolute atomic E-state index is 0.121. The van der Waals surface area contributed by atoms with Crippen LogP contribution in [-0.4, -0.2) is 77.3 Å². The first-order valence-electron chi connectivity index (χ1n) is 10.4. The van der Waals surface area contributed by atoms with E-state index in [1.165, 1.54) is 10.5 Å². The van der Waals surface area contributed by atoms with Gasteiger partial charge in [-0.05, 0) is 31.9 Å². The minimum Gasteiger partial charge on any atom is -0.345 e. The summed E-state index contributed by atoms with van der Waals surface area (Å²) in [7, 11) is -1.55. The summed E-state index contributed by atoms with van der Waals surface area (Å²) in [5.41, 5.74) is 1.49. The van der Waals surface area contributed by atoms with Crippen LogP contribution in [0.25, 0.3) is 11.2 Å². The summed E-state index contributed by atoms with van der Waals surface area (Å²) in [6.07, 6.45) is 5.31. The van der Waals surface area contributed by atoms with E-state index in [-0.39, 0.29) is 23.4 Å². The molecule has 2 aromatic heterocycles. The van der Waals surface area contributed by atoms with Gasteiger partial charge in [-0.15, -0.1) is 0 Å². The summed E-state index contributed by atoms with van der Waals surface area (Å²) in [5.74, 6) is 0.400. The molecule has 30 heavy (non-hydrogen) atoms. The molecule has 1 aliphatic carbocycles. The monoisotopic (exact) mass is 434 g/mol. The van der Waals surface area contributed by atoms with Crippen molar-refractivity contribution in [3.8, 4) is 0 Å². The standard InChI is InChI=1S/C19H30N8O2S/c1-3-13-10-14(24-30(28,29)26-8-6-25(2)7-9-26)11-15(13)18(21)27-16-4-5-22-19(16)23-12-17(27)20/h4-5,12-15,20-22,24H,3,6-11H2,1-2H3/t13-,14+,15+/m1/s1. The van der Waals surface area contributed by atoms with Gasteiger partial charge < -0.3 is 9.88 Å². The van der Waals surface area contributed by atoms with Gasteiger partial charge in [0.2, 0.25) is 0 Å². The molecule has 3 heterocycles. The molecule has 2 aromatic rings. The van der Waals surface area contributed by atoms with Gasteiger partial charge in [-0.3, -0.25) is 15.4 Å². The molecule has 0 spiro atoms. The second kappa shape index (κ2) is 8.22. The summed E-state index contributed by atoms with van der Waals surface area (Å²) in [4.78, 5) is 9.36. The van der Waals surface area contributed by atoms with Crippen LogP contribution in [0, 0.1) is 22.7 Å². The number of H-pyrrole nitrogens is 1. The Kier molecular flexibility index (Phi) is 5.80. The Hall–Kier alpha value is -2.08. The highest BCUT2D eigenvalue weighted by atomic mass is 32.2. The molecule has 10 nitrogen and oxygen atoms in total. The number of rotatable bonds is 5. The lowest BCUT2D eigenvalue weighted by molar-refractivity contribution is 0.220. The van der Waals surface area contributed by atoms with Crippen LogP contribution < -0.4 is 10.2 Å². The molecule has 11 heteroatoms. The predicted molar refractivity (Wildman–Crippen MR) is 114 cm³/mol. The molecule has 4 rings (SSSR count). The molecule has 0 amide bonds. The van der Waals surface area contributed by atoms with Crippen LogP contribution in [0.15, 0.2) is 18.5 Å². The van der Waals surface area contributed by atoms with E-state index >= 15 is 0 Å². The quantitative estimate of drug-likeness (QED) is 0.404. The third-order valence-electron chi connectivity index (χ3n) is 6.43. The van der Waals surface area contributed by atoms with E-state index in [0.717, 1.165) is 19.5 Å². The van der Waals surface area contributed by atoms with Gasteiger partial charge in [-0.1, -0.05) is 13.3 Å². The zero-order valence-corrected chi connectivity index (χ0v) is 18.2. The van der Waals surface area contributed by atoms with Crippen LogP contribution in [0.5, 0.6) is 0 Å². The lowest BCUT2D eigenvalue weighted by Gasteiger charge is -2.32. The number of nitrogens with one attached hydrogen (secondary N) is 4. The largest absolute Gasteiger partial charge is 0.345 e. The smallest absolute Gasteiger partial charge is 0.279 e. The van der Waals surface area contributed by atoms with E-state index in [9.17, 15) is 8.42 Å². The zero-order chi connectivity index (χ0) is 21.5. The number of likely N-dealkylation sites (N-methyl/N-ethyl adjacent to an activating group) is 1. The highest BCUT2D eigenvalue weighted by Crippen LogP contribution is 2.36. The first-order valence-corrected chi connectivity index (χ1v) is 11.9. The fourth-order valence-corrected chi connectivity index (χ4v) is 6.10. The van der Waals surface area contributed by atoms with Gasteiger partial charge in [0.05, 0.1) is 11.7 Å². The van der Waals surface area contributed by atoms with Crippen molar-refractivity contribution in [1.29, 1.82) is 10.8 Å². The van der Waals surface area contributed by atoms with E-state index < -0.39 is 10.2 Å². The lowest BCUT2D eigenvalue weighted by Crippen LogP contribution is -2.52. The molecule has 4 N–H and O–H groups in total. The maximum Gasteiger partial charge on any atom is 0.279 e. The minimum atomic E-state index is -3.54. The van der Waals surface area contributed by atoms with Crippen LogP contribution in [0.1, 0.15) is 26.2 Å². The number of aromatic nitrogens is 3. The topological polar surface area (TPSA) is 134 Å². The van der Waals surface area contributed by atoms with Gasteiger partial charge >= 0.3 is 0 Å². The molecule has 2 fully saturated rings. The summed E-state index contributed by atoms with van der Waals surface area (Å²) in [6.45, 7) is 4.53. The third kappa shape index (κ3) is 3.94. The van der Waals surface area contributed by atoms with Gasteiger partial charge in [0, 0.05) is 44.3 Å². The molecule has 2 aliphatic rings. The maximum atomic E-state index is 12.9. The zero-order valence-electron chi connectivity index (χ0n) is 17.4. The molecule has 0 aromatic carbocycles. The maximum absolute atomic E-state index is 12.9. The first kappa shape index (κ1) is 21.2.